The Kier molecular flexibility index (Phi) is 5.43. The molecule has 0 aromatic carbocycles. The molecule has 0 saturated heterocycles. The second-order valence-electron chi connectivity index (χ2n) is 2.16. The fraction of sp³-hybridized carbons (Fsp3) is 1.00. The van der Waals surface area contributed by atoms with E-state index in [0.29, 0.717) is 13.2 Å². The lowest BCUT2D eigenvalue weighted by atomic mass is 10.7. The van der Waals surface area contributed by atoms with Gasteiger partial charge < -0.3 is 9.47 Å². The van der Waals surface area contributed by atoms with Gasteiger partial charge in [0.15, 0.2) is 14.1 Å². The van der Waals surface area contributed by atoms with Crippen molar-refractivity contribution in [3.8, 4) is 0 Å². The highest BCUT2D eigenvalue weighted by atomic mass is 32.3. The lowest BCUT2D eigenvalue weighted by molar-refractivity contribution is -0.161. The van der Waals surface area contributed by atoms with Gasteiger partial charge in [0, 0.05) is 13.2 Å². The van der Waals surface area contributed by atoms with E-state index in [4.69, 9.17) is 9.47 Å². The number of rotatable bonds is 5. The summed E-state index contributed by atoms with van der Waals surface area (Å²) in [7, 11) is -0.540. The minimum Gasteiger partial charge on any atom is -0.354 e. The lowest BCUT2D eigenvalue weighted by Gasteiger charge is -2.26. The summed E-state index contributed by atoms with van der Waals surface area (Å²) in [5.41, 5.74) is -0.355. The Labute approximate surface area is 70.2 Å². The highest BCUT2D eigenvalue weighted by Gasteiger charge is 2.22. The lowest BCUT2D eigenvalue weighted by Crippen LogP contribution is -2.36. The normalized spacial score (nSPS) is 13.2. The molecule has 0 aromatic rings. The molecule has 0 spiro atoms. The van der Waals surface area contributed by atoms with Crippen molar-refractivity contribution in [3.05, 3.63) is 0 Å². The number of ether oxygens (including phenoxy) is 2. The molecule has 0 saturated carbocycles. The fourth-order valence-electron chi connectivity index (χ4n) is 0.744. The van der Waals surface area contributed by atoms with E-state index < -0.39 is 8.67 Å². The van der Waals surface area contributed by atoms with Gasteiger partial charge in [-0.3, -0.25) is 0 Å². The summed E-state index contributed by atoms with van der Waals surface area (Å²) in [5.74, 6) is 0. The Balaban J connectivity index is 3.69. The Morgan fingerprint density at radius 3 is 1.90 bits per heavy atom. The van der Waals surface area contributed by atoms with E-state index >= 15 is 0 Å². The van der Waals surface area contributed by atoms with Crippen LogP contribution in [0.25, 0.3) is 0 Å². The van der Waals surface area contributed by atoms with Crippen molar-refractivity contribution in [2.24, 2.45) is 0 Å². The van der Waals surface area contributed by atoms with Crippen LogP contribution in [0.5, 0.6) is 0 Å². The van der Waals surface area contributed by atoms with Crippen molar-refractivity contribution < 1.29 is 9.47 Å². The van der Waals surface area contributed by atoms with Gasteiger partial charge in [-0.2, -0.15) is 0 Å². The van der Waals surface area contributed by atoms with Crippen LogP contribution in [0.3, 0.4) is 0 Å². The Hall–Kier alpha value is 0.487. The van der Waals surface area contributed by atoms with Crippen molar-refractivity contribution in [2.45, 2.75) is 26.2 Å². The number of thiol groups is 1. The summed E-state index contributed by atoms with van der Waals surface area (Å²) in [5, 5.41) is 0. The molecule has 0 atom stereocenters. The Morgan fingerprint density at radius 1 is 1.30 bits per heavy atom. The van der Waals surface area contributed by atoms with Gasteiger partial charge in [0.25, 0.3) is 0 Å². The van der Waals surface area contributed by atoms with Gasteiger partial charge >= 0.3 is 0 Å². The third-order valence-corrected chi connectivity index (χ3v) is 3.89. The summed E-state index contributed by atoms with van der Waals surface area (Å²) in [6, 6.07) is 0. The molecule has 0 radical (unpaired) electrons. The van der Waals surface area contributed by atoms with Crippen molar-refractivity contribution >= 4 is 20.7 Å². The van der Waals surface area contributed by atoms with Crippen molar-refractivity contribution in [2.75, 3.05) is 13.2 Å². The fourth-order valence-corrected chi connectivity index (χ4v) is 1.88. The molecule has 10 heavy (non-hydrogen) atoms. The number of hydrogen-bond acceptors (Lipinski definition) is 3. The van der Waals surface area contributed by atoms with Gasteiger partial charge in [-0.05, 0) is 20.8 Å². The molecule has 62 valence electrons. The quantitative estimate of drug-likeness (QED) is 0.382. The van der Waals surface area contributed by atoms with E-state index in [9.17, 15) is 0 Å². The van der Waals surface area contributed by atoms with E-state index in [-0.39, 0.29) is 5.41 Å². The van der Waals surface area contributed by atoms with Crippen molar-refractivity contribution in [1.29, 1.82) is 0 Å². The van der Waals surface area contributed by atoms with Crippen LogP contribution in [-0.4, -0.2) is 27.3 Å². The highest BCUT2D eigenvalue weighted by molar-refractivity contribution is 8.07. The largest absolute Gasteiger partial charge is 0.354 e. The smallest absolute Gasteiger partial charge is 0.152 e. The molecule has 0 fully saturated rings. The molecular weight excluding hydrogens is 164 g/mol. The average molecular weight is 180 g/mol. The molecule has 0 aliphatic rings. The monoisotopic (exact) mass is 180 g/mol. The van der Waals surface area contributed by atoms with E-state index in [1.165, 1.54) is 0 Å². The van der Waals surface area contributed by atoms with Crippen LogP contribution in [0.2, 0.25) is 0 Å². The van der Waals surface area contributed by atoms with Gasteiger partial charge in [-0.15, -0.1) is 0 Å². The predicted molar refractivity (Wildman–Crippen MR) is 49.2 cm³/mol. The molecule has 0 rings (SSSR count). The van der Waals surface area contributed by atoms with E-state index in [2.05, 4.69) is 12.1 Å². The average Bonchev–Trinajstić information content (AvgIpc) is 1.89. The van der Waals surface area contributed by atoms with Crippen LogP contribution in [-0.2, 0) is 9.47 Å². The zero-order valence-electron chi connectivity index (χ0n) is 6.89. The summed E-state index contributed by atoms with van der Waals surface area (Å²) >= 11 is 4.26. The first-order chi connectivity index (χ1) is 4.68. The van der Waals surface area contributed by atoms with Crippen LogP contribution in [0.4, 0.5) is 0 Å². The van der Waals surface area contributed by atoms with Gasteiger partial charge in [0.1, 0.15) is 0 Å². The maximum atomic E-state index is 5.38. The molecule has 0 aliphatic heterocycles. The second-order valence-corrected chi connectivity index (χ2v) is 4.71. The van der Waals surface area contributed by atoms with Crippen molar-refractivity contribution in [1.82, 2.24) is 0 Å². The maximum Gasteiger partial charge on any atom is 0.152 e. The zero-order chi connectivity index (χ0) is 8.04. The van der Waals surface area contributed by atoms with Crippen LogP contribution in [0, 0.1) is 0 Å². The van der Waals surface area contributed by atoms with E-state index in [1.807, 2.05) is 20.8 Å². The van der Waals surface area contributed by atoms with E-state index in [0.717, 1.165) is 0 Å². The van der Waals surface area contributed by atoms with Gasteiger partial charge in [0.05, 0.1) is 0 Å². The van der Waals surface area contributed by atoms with Gasteiger partial charge in [-0.1, -0.05) is 0 Å². The first-order valence-electron chi connectivity index (χ1n) is 3.57. The minimum absolute atomic E-state index is 0.355. The SMILES string of the molecule is CCOC(C)(OCC)[SiH2]S. The predicted octanol–water partition coefficient (Wildman–Crippen LogP) is 0.747. The molecule has 0 aromatic heterocycles. The van der Waals surface area contributed by atoms with Crippen molar-refractivity contribution in [3.63, 3.8) is 0 Å². The van der Waals surface area contributed by atoms with Crippen LogP contribution >= 0.6 is 12.1 Å². The summed E-state index contributed by atoms with van der Waals surface area (Å²) in [4.78, 5) is 0. The second kappa shape index (κ2) is 5.18. The van der Waals surface area contributed by atoms with Gasteiger partial charge in [0.2, 0.25) is 0 Å². The Bertz CT molecular complexity index is 83.8. The standard InChI is InChI=1S/C6H16O2SSi/c1-4-7-6(3,10-9)8-5-2/h9H,4-5,10H2,1-3H3. The molecule has 0 aliphatic carbocycles. The molecule has 0 bridgehead atoms. The molecule has 2 nitrogen and oxygen atoms in total. The summed E-state index contributed by atoms with van der Waals surface area (Å²) in [6.07, 6.45) is 0. The molecule has 0 heterocycles. The maximum absolute atomic E-state index is 5.38. The van der Waals surface area contributed by atoms with Crippen LogP contribution in [0.15, 0.2) is 0 Å². The first kappa shape index (κ1) is 10.5. The molecule has 4 heteroatoms. The van der Waals surface area contributed by atoms with E-state index in [1.54, 1.807) is 0 Å². The summed E-state index contributed by atoms with van der Waals surface area (Å²) < 4.78 is 10.8. The van der Waals surface area contributed by atoms with Gasteiger partial charge in [-0.25, -0.2) is 12.1 Å². The van der Waals surface area contributed by atoms with Crippen LogP contribution < -0.4 is 0 Å². The minimum atomic E-state index is -0.540. The van der Waals surface area contributed by atoms with Crippen LogP contribution in [0.1, 0.15) is 20.8 Å². The molecule has 0 unspecified atom stereocenters. The molecule has 0 N–H and O–H groups in total. The summed E-state index contributed by atoms with van der Waals surface area (Å²) in [6.45, 7) is 7.29. The third-order valence-electron chi connectivity index (χ3n) is 1.19. The topological polar surface area (TPSA) is 18.5 Å². The molecule has 0 amide bonds. The number of hydrogen-bond donors (Lipinski definition) is 1. The first-order valence-corrected chi connectivity index (χ1v) is 6.81. The third kappa shape index (κ3) is 3.61. The Morgan fingerprint density at radius 2 is 1.70 bits per heavy atom. The zero-order valence-corrected chi connectivity index (χ0v) is 9.19. The highest BCUT2D eigenvalue weighted by Crippen LogP contribution is 2.11. The molecular formula is C6H16O2SSi.